The number of carbonyl (C=O) groups is 1. The van der Waals surface area contributed by atoms with E-state index in [9.17, 15) is 4.79 Å². The number of fused-ring (bicyclic) bond motifs is 4. The van der Waals surface area contributed by atoms with Crippen molar-refractivity contribution in [1.29, 1.82) is 0 Å². The molecule has 0 fully saturated rings. The van der Waals surface area contributed by atoms with Crippen LogP contribution in [0.2, 0.25) is 0 Å². The lowest BCUT2D eigenvalue weighted by molar-refractivity contribution is 0.103. The zero-order valence-corrected chi connectivity index (χ0v) is 12.2. The summed E-state index contributed by atoms with van der Waals surface area (Å²) >= 11 is 0. The van der Waals surface area contributed by atoms with Crippen molar-refractivity contribution < 1.29 is 4.79 Å². The van der Waals surface area contributed by atoms with Gasteiger partial charge in [-0.1, -0.05) is 61.5 Å². The third kappa shape index (κ3) is 1.61. The molecule has 1 nitrogen and oxygen atoms in total. The Morgan fingerprint density at radius 2 is 1.62 bits per heavy atom. The molecule has 0 aromatic heterocycles. The van der Waals surface area contributed by atoms with E-state index in [1.165, 1.54) is 21.9 Å². The molecule has 1 aliphatic carbocycles. The molecule has 0 aliphatic heterocycles. The van der Waals surface area contributed by atoms with Gasteiger partial charge in [-0.2, -0.15) is 0 Å². The molecule has 21 heavy (non-hydrogen) atoms. The quantitative estimate of drug-likeness (QED) is 0.572. The molecule has 1 heteroatoms. The normalized spacial score (nSPS) is 16.7. The molecule has 0 saturated heterocycles. The van der Waals surface area contributed by atoms with Crippen LogP contribution in [0.15, 0.2) is 54.6 Å². The molecule has 0 saturated carbocycles. The summed E-state index contributed by atoms with van der Waals surface area (Å²) in [6, 6.07) is 18.4. The van der Waals surface area contributed by atoms with E-state index in [1.54, 1.807) is 0 Å². The fourth-order valence-corrected chi connectivity index (χ4v) is 3.58. The van der Waals surface area contributed by atoms with E-state index in [4.69, 9.17) is 0 Å². The number of benzene rings is 3. The maximum atomic E-state index is 12.8. The first kappa shape index (κ1) is 12.3. The molecule has 1 aliphatic rings. The summed E-state index contributed by atoms with van der Waals surface area (Å²) in [4.78, 5) is 12.8. The van der Waals surface area contributed by atoms with Crippen LogP contribution in [0.4, 0.5) is 0 Å². The smallest absolute Gasteiger partial charge is 0.193 e. The predicted octanol–water partition coefficient (Wildman–Crippen LogP) is 4.84. The zero-order valence-electron chi connectivity index (χ0n) is 12.2. The van der Waals surface area contributed by atoms with Crippen molar-refractivity contribution in [3.63, 3.8) is 0 Å². The number of hydrogen-bond donors (Lipinski definition) is 0. The van der Waals surface area contributed by atoms with Crippen LogP contribution in [0.5, 0.6) is 0 Å². The molecule has 0 N–H and O–H groups in total. The van der Waals surface area contributed by atoms with Crippen molar-refractivity contribution in [3.05, 3.63) is 82.4 Å². The minimum Gasteiger partial charge on any atom is -0.289 e. The molecule has 0 unspecified atom stereocenters. The highest BCUT2D eigenvalue weighted by Crippen LogP contribution is 2.40. The summed E-state index contributed by atoms with van der Waals surface area (Å²) in [6.07, 6.45) is 0. The first-order chi connectivity index (χ1) is 10.2. The third-order valence-corrected chi connectivity index (χ3v) is 4.67. The Kier molecular flexibility index (Phi) is 2.52. The number of rotatable bonds is 0. The standard InChI is InChI=1S/C20H16O/c1-12-6-5-9-16-14(12)10-11-18-19(16)13(2)15-7-3-4-8-17(15)20(18)21/h3-11,13H,1-2H3/t13-/m1/s1. The van der Waals surface area contributed by atoms with Gasteiger partial charge in [-0.15, -0.1) is 0 Å². The SMILES string of the molecule is Cc1cccc2c3c(ccc12)C(=O)c1ccccc1[C@H]3C. The molecule has 0 radical (unpaired) electrons. The van der Waals surface area contributed by atoms with E-state index in [0.717, 1.165) is 16.7 Å². The number of aryl methyl sites for hydroxylation is 1. The van der Waals surface area contributed by atoms with Crippen LogP contribution in [0.1, 0.15) is 45.5 Å². The maximum Gasteiger partial charge on any atom is 0.193 e. The van der Waals surface area contributed by atoms with Gasteiger partial charge in [0.2, 0.25) is 0 Å². The summed E-state index contributed by atoms with van der Waals surface area (Å²) in [7, 11) is 0. The van der Waals surface area contributed by atoms with Crippen LogP contribution in [0.25, 0.3) is 10.8 Å². The molecule has 3 aromatic carbocycles. The van der Waals surface area contributed by atoms with Crippen molar-refractivity contribution in [1.82, 2.24) is 0 Å². The minimum absolute atomic E-state index is 0.155. The van der Waals surface area contributed by atoms with Gasteiger partial charge >= 0.3 is 0 Å². The van der Waals surface area contributed by atoms with E-state index in [-0.39, 0.29) is 11.7 Å². The summed E-state index contributed by atoms with van der Waals surface area (Å²) in [5, 5.41) is 2.46. The van der Waals surface area contributed by atoms with Crippen LogP contribution >= 0.6 is 0 Å². The van der Waals surface area contributed by atoms with Crippen LogP contribution in [-0.4, -0.2) is 5.78 Å². The monoisotopic (exact) mass is 272 g/mol. The molecule has 0 spiro atoms. The Hall–Kier alpha value is -2.41. The Morgan fingerprint density at radius 3 is 2.48 bits per heavy atom. The Labute approximate surface area is 124 Å². The van der Waals surface area contributed by atoms with E-state index in [0.29, 0.717) is 0 Å². The van der Waals surface area contributed by atoms with E-state index in [2.05, 4.69) is 44.2 Å². The van der Waals surface area contributed by atoms with Gasteiger partial charge < -0.3 is 0 Å². The van der Waals surface area contributed by atoms with Gasteiger partial charge in [-0.05, 0) is 34.4 Å². The van der Waals surface area contributed by atoms with Crippen molar-refractivity contribution in [3.8, 4) is 0 Å². The molecule has 102 valence electrons. The average molecular weight is 272 g/mol. The molecular formula is C20H16O. The lowest BCUT2D eigenvalue weighted by atomic mass is 9.76. The second kappa shape index (κ2) is 4.29. The fourth-order valence-electron chi connectivity index (χ4n) is 3.58. The molecular weight excluding hydrogens is 256 g/mol. The molecule has 0 amide bonds. The van der Waals surface area contributed by atoms with Crippen LogP contribution in [0.3, 0.4) is 0 Å². The van der Waals surface area contributed by atoms with Gasteiger partial charge in [0, 0.05) is 17.0 Å². The van der Waals surface area contributed by atoms with Crippen LogP contribution in [0, 0.1) is 6.92 Å². The summed E-state index contributed by atoms with van der Waals surface area (Å²) in [5.74, 6) is 0.404. The van der Waals surface area contributed by atoms with E-state index < -0.39 is 0 Å². The lowest BCUT2D eigenvalue weighted by Crippen LogP contribution is -2.18. The van der Waals surface area contributed by atoms with Crippen molar-refractivity contribution in [2.75, 3.05) is 0 Å². The van der Waals surface area contributed by atoms with Gasteiger partial charge in [0.05, 0.1) is 0 Å². The van der Waals surface area contributed by atoms with Gasteiger partial charge in [0.1, 0.15) is 0 Å². The van der Waals surface area contributed by atoms with Gasteiger partial charge in [-0.25, -0.2) is 0 Å². The lowest BCUT2D eigenvalue weighted by Gasteiger charge is -2.26. The van der Waals surface area contributed by atoms with Crippen molar-refractivity contribution >= 4 is 16.6 Å². The number of carbonyl (C=O) groups excluding carboxylic acids is 1. The summed E-state index contributed by atoms with van der Waals surface area (Å²) in [6.45, 7) is 4.32. The van der Waals surface area contributed by atoms with Gasteiger partial charge in [-0.3, -0.25) is 4.79 Å². The molecule has 4 rings (SSSR count). The fraction of sp³-hybridized carbons (Fsp3) is 0.150. The highest BCUT2D eigenvalue weighted by atomic mass is 16.1. The van der Waals surface area contributed by atoms with Gasteiger partial charge in [0.25, 0.3) is 0 Å². The largest absolute Gasteiger partial charge is 0.289 e. The van der Waals surface area contributed by atoms with Crippen LogP contribution < -0.4 is 0 Å². The third-order valence-electron chi connectivity index (χ3n) is 4.67. The van der Waals surface area contributed by atoms with Crippen molar-refractivity contribution in [2.45, 2.75) is 19.8 Å². The Balaban J connectivity index is 2.11. The Morgan fingerprint density at radius 1 is 0.810 bits per heavy atom. The molecule has 3 aromatic rings. The summed E-state index contributed by atoms with van der Waals surface area (Å²) < 4.78 is 0. The highest BCUT2D eigenvalue weighted by Gasteiger charge is 2.29. The highest BCUT2D eigenvalue weighted by molar-refractivity contribution is 6.15. The van der Waals surface area contributed by atoms with Crippen molar-refractivity contribution in [2.24, 2.45) is 0 Å². The number of ketones is 1. The predicted molar refractivity (Wildman–Crippen MR) is 86.1 cm³/mol. The van der Waals surface area contributed by atoms with Crippen LogP contribution in [-0.2, 0) is 0 Å². The minimum atomic E-state index is 0.155. The van der Waals surface area contributed by atoms with E-state index >= 15 is 0 Å². The Bertz CT molecular complexity index is 889. The summed E-state index contributed by atoms with van der Waals surface area (Å²) in [5.41, 5.74) is 5.29. The average Bonchev–Trinajstić information content (AvgIpc) is 2.52. The second-order valence-electron chi connectivity index (χ2n) is 5.83. The second-order valence-corrected chi connectivity index (χ2v) is 5.83. The number of hydrogen-bond acceptors (Lipinski definition) is 1. The molecule has 0 heterocycles. The maximum absolute atomic E-state index is 12.8. The zero-order chi connectivity index (χ0) is 14.6. The van der Waals surface area contributed by atoms with Gasteiger partial charge in [0.15, 0.2) is 5.78 Å². The molecule has 0 bridgehead atoms. The molecule has 1 atom stereocenters. The van der Waals surface area contributed by atoms with E-state index in [1.807, 2.05) is 24.3 Å². The first-order valence-electron chi connectivity index (χ1n) is 7.34. The topological polar surface area (TPSA) is 17.1 Å². The first-order valence-corrected chi connectivity index (χ1v) is 7.34.